The predicted octanol–water partition coefficient (Wildman–Crippen LogP) is 4.49. The molecule has 0 spiro atoms. The molecule has 1 N–H and O–H groups in total. The fraction of sp³-hybridized carbons (Fsp3) is 0.188. The van der Waals surface area contributed by atoms with E-state index >= 15 is 0 Å². The maximum absolute atomic E-state index is 12.3. The largest absolute Gasteiger partial charge is 0.318 e. The van der Waals surface area contributed by atoms with Crippen LogP contribution < -0.4 is 5.32 Å². The number of rotatable bonds is 4. The normalized spacial score (nSPS) is 11.0. The number of hydrogen-bond acceptors (Lipinski definition) is 4. The second-order valence-electron chi connectivity index (χ2n) is 5.27. The number of hydrogen-bond donors (Lipinski definition) is 1. The lowest BCUT2D eigenvalue weighted by Gasteiger charge is -2.03. The molecule has 3 aromatic rings. The highest BCUT2D eigenvalue weighted by atomic mass is 35.5. The minimum absolute atomic E-state index is 0.242. The molecule has 0 bridgehead atoms. The number of halogens is 1. The van der Waals surface area contributed by atoms with E-state index < -0.39 is 0 Å². The Hall–Kier alpha value is -2.18. The molecule has 23 heavy (non-hydrogen) atoms. The van der Waals surface area contributed by atoms with Crippen molar-refractivity contribution in [3.63, 3.8) is 0 Å². The van der Waals surface area contributed by atoms with Crippen LogP contribution in [-0.4, -0.2) is 20.7 Å². The highest BCUT2D eigenvalue weighted by Gasteiger charge is 2.14. The second-order valence-corrected chi connectivity index (χ2v) is 6.54. The first-order valence-corrected chi connectivity index (χ1v) is 8.36. The molecule has 0 saturated carbocycles. The Bertz CT molecular complexity index is 840. The summed E-state index contributed by atoms with van der Waals surface area (Å²) in [5.74, 6) is -0.261. The van der Waals surface area contributed by atoms with Crippen molar-refractivity contribution in [2.24, 2.45) is 0 Å². The van der Waals surface area contributed by atoms with Crippen LogP contribution in [0.15, 0.2) is 42.0 Å². The Morgan fingerprint density at radius 1 is 1.35 bits per heavy atom. The predicted molar refractivity (Wildman–Crippen MR) is 93.1 cm³/mol. The number of thiazole rings is 1. The number of carbonyl (C=O) groups is 1. The van der Waals surface area contributed by atoms with Crippen molar-refractivity contribution in [2.75, 3.05) is 5.32 Å². The van der Waals surface area contributed by atoms with E-state index in [0.717, 1.165) is 10.6 Å². The highest BCUT2D eigenvalue weighted by molar-refractivity contribution is 7.13. The molecular weight excluding hydrogens is 332 g/mol. The molecule has 0 aliphatic carbocycles. The SMILES string of the molecule is CC(C)n1cc(NC(=O)c2csc(-c3ccccc3Cl)n2)cn1. The molecule has 3 rings (SSSR count). The van der Waals surface area contributed by atoms with Gasteiger partial charge in [-0.1, -0.05) is 29.8 Å². The van der Waals surface area contributed by atoms with Gasteiger partial charge in [0.15, 0.2) is 0 Å². The second kappa shape index (κ2) is 6.52. The van der Waals surface area contributed by atoms with Crippen molar-refractivity contribution in [3.05, 3.63) is 52.8 Å². The van der Waals surface area contributed by atoms with Gasteiger partial charge in [-0.3, -0.25) is 9.48 Å². The molecule has 1 amide bonds. The van der Waals surface area contributed by atoms with E-state index in [0.29, 0.717) is 16.4 Å². The van der Waals surface area contributed by atoms with Crippen molar-refractivity contribution in [2.45, 2.75) is 19.9 Å². The topological polar surface area (TPSA) is 59.8 Å². The zero-order valence-corrected chi connectivity index (χ0v) is 14.2. The first kappa shape index (κ1) is 15.7. The van der Waals surface area contributed by atoms with Gasteiger partial charge in [0.2, 0.25) is 0 Å². The number of nitrogens with one attached hydrogen (secondary N) is 1. The number of anilines is 1. The average Bonchev–Trinajstić information content (AvgIpc) is 3.16. The third-order valence-corrected chi connectivity index (χ3v) is 4.43. The number of aromatic nitrogens is 3. The van der Waals surface area contributed by atoms with E-state index in [1.54, 1.807) is 28.5 Å². The van der Waals surface area contributed by atoms with Crippen LogP contribution in [-0.2, 0) is 0 Å². The molecule has 7 heteroatoms. The van der Waals surface area contributed by atoms with Crippen LogP contribution in [0.2, 0.25) is 5.02 Å². The van der Waals surface area contributed by atoms with Crippen molar-refractivity contribution < 1.29 is 4.79 Å². The van der Waals surface area contributed by atoms with E-state index in [2.05, 4.69) is 15.4 Å². The summed E-state index contributed by atoms with van der Waals surface area (Å²) in [7, 11) is 0. The highest BCUT2D eigenvalue weighted by Crippen LogP contribution is 2.30. The Morgan fingerprint density at radius 3 is 2.83 bits per heavy atom. The van der Waals surface area contributed by atoms with Crippen LogP contribution in [0.1, 0.15) is 30.4 Å². The molecule has 0 fully saturated rings. The Balaban J connectivity index is 1.77. The molecule has 0 unspecified atom stereocenters. The van der Waals surface area contributed by atoms with Gasteiger partial charge in [0.1, 0.15) is 10.7 Å². The van der Waals surface area contributed by atoms with Crippen LogP contribution in [0.3, 0.4) is 0 Å². The molecular formula is C16H15ClN4OS. The van der Waals surface area contributed by atoms with Crippen LogP contribution >= 0.6 is 22.9 Å². The van der Waals surface area contributed by atoms with E-state index in [4.69, 9.17) is 11.6 Å². The van der Waals surface area contributed by atoms with Crippen LogP contribution in [0.4, 0.5) is 5.69 Å². The summed E-state index contributed by atoms with van der Waals surface area (Å²) in [6.45, 7) is 4.05. The summed E-state index contributed by atoms with van der Waals surface area (Å²) < 4.78 is 1.78. The van der Waals surface area contributed by atoms with Crippen molar-refractivity contribution >= 4 is 34.5 Å². The van der Waals surface area contributed by atoms with Crippen LogP contribution in [0.25, 0.3) is 10.6 Å². The maximum Gasteiger partial charge on any atom is 0.275 e. The maximum atomic E-state index is 12.3. The van der Waals surface area contributed by atoms with Crippen molar-refractivity contribution in [3.8, 4) is 10.6 Å². The molecule has 0 aliphatic heterocycles. The Morgan fingerprint density at radius 2 is 2.13 bits per heavy atom. The molecule has 1 aromatic carbocycles. The zero-order valence-electron chi connectivity index (χ0n) is 12.7. The third-order valence-electron chi connectivity index (χ3n) is 3.23. The monoisotopic (exact) mass is 346 g/mol. The summed E-state index contributed by atoms with van der Waals surface area (Å²) >= 11 is 7.55. The first-order chi connectivity index (χ1) is 11.0. The van der Waals surface area contributed by atoms with Crippen LogP contribution in [0.5, 0.6) is 0 Å². The van der Waals surface area contributed by atoms with Gasteiger partial charge in [-0.05, 0) is 19.9 Å². The van der Waals surface area contributed by atoms with Gasteiger partial charge in [-0.15, -0.1) is 11.3 Å². The summed E-state index contributed by atoms with van der Waals surface area (Å²) in [6.07, 6.45) is 3.42. The van der Waals surface area contributed by atoms with Gasteiger partial charge in [0, 0.05) is 23.2 Å². The van der Waals surface area contributed by atoms with Crippen LogP contribution in [0, 0.1) is 0 Å². The summed E-state index contributed by atoms with van der Waals surface area (Å²) in [5, 5.41) is 10.1. The van der Waals surface area contributed by atoms with Gasteiger partial charge in [-0.2, -0.15) is 5.10 Å². The van der Waals surface area contributed by atoms with Gasteiger partial charge in [0.05, 0.1) is 16.9 Å². The molecule has 0 aliphatic rings. The molecule has 2 aromatic heterocycles. The van der Waals surface area contributed by atoms with E-state index in [9.17, 15) is 4.79 Å². The Kier molecular flexibility index (Phi) is 4.45. The van der Waals surface area contributed by atoms with E-state index in [1.165, 1.54) is 11.3 Å². The lowest BCUT2D eigenvalue weighted by molar-refractivity contribution is 0.102. The quantitative estimate of drug-likeness (QED) is 0.757. The molecule has 5 nitrogen and oxygen atoms in total. The van der Waals surface area contributed by atoms with Gasteiger partial charge < -0.3 is 5.32 Å². The van der Waals surface area contributed by atoms with Gasteiger partial charge in [0.25, 0.3) is 5.91 Å². The van der Waals surface area contributed by atoms with E-state index in [-0.39, 0.29) is 11.9 Å². The van der Waals surface area contributed by atoms with Gasteiger partial charge in [-0.25, -0.2) is 4.98 Å². The molecule has 0 radical (unpaired) electrons. The number of carbonyl (C=O) groups excluding carboxylic acids is 1. The summed E-state index contributed by atoms with van der Waals surface area (Å²) in [6, 6.07) is 7.68. The summed E-state index contributed by atoms with van der Waals surface area (Å²) in [5.41, 5.74) is 1.84. The minimum atomic E-state index is -0.261. The zero-order chi connectivity index (χ0) is 16.4. The third kappa shape index (κ3) is 3.43. The molecule has 2 heterocycles. The summed E-state index contributed by atoms with van der Waals surface area (Å²) in [4.78, 5) is 16.7. The molecule has 118 valence electrons. The Labute approximate surface area is 142 Å². The first-order valence-electron chi connectivity index (χ1n) is 7.10. The lowest BCUT2D eigenvalue weighted by Crippen LogP contribution is -2.11. The molecule has 0 saturated heterocycles. The lowest BCUT2D eigenvalue weighted by atomic mass is 10.2. The minimum Gasteiger partial charge on any atom is -0.318 e. The number of nitrogens with zero attached hydrogens (tertiary/aromatic N) is 3. The van der Waals surface area contributed by atoms with Gasteiger partial charge >= 0.3 is 0 Å². The average molecular weight is 347 g/mol. The number of benzene rings is 1. The fourth-order valence-electron chi connectivity index (χ4n) is 2.02. The fourth-order valence-corrected chi connectivity index (χ4v) is 3.14. The number of amides is 1. The van der Waals surface area contributed by atoms with Crippen molar-refractivity contribution in [1.29, 1.82) is 0 Å². The van der Waals surface area contributed by atoms with E-state index in [1.807, 2.05) is 32.0 Å². The molecule has 0 atom stereocenters. The van der Waals surface area contributed by atoms with Crippen molar-refractivity contribution in [1.82, 2.24) is 14.8 Å². The smallest absolute Gasteiger partial charge is 0.275 e. The standard InChI is InChI=1S/C16H15ClN4OS/c1-10(2)21-8-11(7-18-21)19-15(22)14-9-23-16(20-14)12-5-3-4-6-13(12)17/h3-10H,1-2H3,(H,19,22).